The first kappa shape index (κ1) is 15.0. The van der Waals surface area contributed by atoms with Crippen molar-refractivity contribution in [2.45, 2.75) is 19.4 Å². The minimum atomic E-state index is -0.136. The van der Waals surface area contributed by atoms with E-state index in [1.165, 1.54) is 20.2 Å². The minimum Gasteiger partial charge on any atom is -0.358 e. The van der Waals surface area contributed by atoms with E-state index in [0.717, 1.165) is 13.0 Å². The van der Waals surface area contributed by atoms with Gasteiger partial charge in [0, 0.05) is 31.0 Å². The van der Waals surface area contributed by atoms with Crippen molar-refractivity contribution in [1.82, 2.24) is 10.2 Å². The van der Waals surface area contributed by atoms with Crippen LogP contribution < -0.4 is 10.2 Å². The van der Waals surface area contributed by atoms with Crippen LogP contribution in [0.25, 0.3) is 0 Å². The number of thiophene rings is 1. The van der Waals surface area contributed by atoms with Crippen molar-refractivity contribution in [2.75, 3.05) is 33.7 Å². The lowest BCUT2D eigenvalue weighted by molar-refractivity contribution is -0.924. The Morgan fingerprint density at radius 1 is 1.55 bits per heavy atom. The number of hydrogen-bond acceptors (Lipinski definition) is 3. The maximum absolute atomic E-state index is 12.2. The lowest BCUT2D eigenvalue weighted by Gasteiger charge is -2.31. The standard InChI is InChI=1S/C14H21N3O2S/c1-10-11-5-7-20-12(11)4-6-17(10)9-14(19)16(3)8-13(18)15-2/h5,7,10H,4,6,8-9H2,1-3H3,(H,15,18)/p+1/t10-/m1/s1. The lowest BCUT2D eigenvalue weighted by Crippen LogP contribution is -3.14. The smallest absolute Gasteiger partial charge is 0.277 e. The van der Waals surface area contributed by atoms with Gasteiger partial charge in [-0.2, -0.15) is 0 Å². The van der Waals surface area contributed by atoms with Crippen molar-refractivity contribution in [3.63, 3.8) is 0 Å². The quantitative estimate of drug-likeness (QED) is 0.784. The highest BCUT2D eigenvalue weighted by molar-refractivity contribution is 7.10. The second kappa shape index (κ2) is 6.37. The molecule has 0 spiro atoms. The molecule has 2 atom stereocenters. The number of quaternary nitrogens is 1. The zero-order valence-corrected chi connectivity index (χ0v) is 13.0. The molecule has 0 saturated heterocycles. The first-order valence-corrected chi connectivity index (χ1v) is 7.76. The van der Waals surface area contributed by atoms with Crippen molar-refractivity contribution in [2.24, 2.45) is 0 Å². The van der Waals surface area contributed by atoms with Crippen LogP contribution in [0.4, 0.5) is 0 Å². The van der Waals surface area contributed by atoms with Crippen LogP contribution in [0.2, 0.25) is 0 Å². The molecule has 6 heteroatoms. The van der Waals surface area contributed by atoms with Crippen LogP contribution in [0.5, 0.6) is 0 Å². The van der Waals surface area contributed by atoms with Crippen LogP contribution in [-0.2, 0) is 16.0 Å². The summed E-state index contributed by atoms with van der Waals surface area (Å²) in [5.74, 6) is -0.114. The second-order valence-electron chi connectivity index (χ2n) is 5.28. The van der Waals surface area contributed by atoms with Crippen LogP contribution in [0, 0.1) is 0 Å². The molecule has 1 aromatic heterocycles. The van der Waals surface area contributed by atoms with E-state index in [4.69, 9.17) is 0 Å². The van der Waals surface area contributed by atoms with Gasteiger partial charge in [-0.1, -0.05) is 0 Å². The van der Waals surface area contributed by atoms with Crippen LogP contribution in [0.3, 0.4) is 0 Å². The third-order valence-corrected chi connectivity index (χ3v) is 4.99. The van der Waals surface area contributed by atoms with E-state index in [1.54, 1.807) is 25.4 Å². The number of nitrogens with one attached hydrogen (secondary N) is 2. The lowest BCUT2D eigenvalue weighted by atomic mass is 10.0. The third-order valence-electron chi connectivity index (χ3n) is 4.00. The van der Waals surface area contributed by atoms with Gasteiger partial charge in [0.1, 0.15) is 6.04 Å². The number of carbonyl (C=O) groups is 2. The molecule has 110 valence electrons. The van der Waals surface area contributed by atoms with Gasteiger partial charge >= 0.3 is 0 Å². The fraction of sp³-hybridized carbons (Fsp3) is 0.571. The van der Waals surface area contributed by atoms with Crippen molar-refractivity contribution in [3.8, 4) is 0 Å². The summed E-state index contributed by atoms with van der Waals surface area (Å²) in [5.41, 5.74) is 1.37. The number of hydrogen-bond donors (Lipinski definition) is 2. The Bertz CT molecular complexity index is 500. The Labute approximate surface area is 123 Å². The number of rotatable bonds is 4. The highest BCUT2D eigenvalue weighted by atomic mass is 32.1. The van der Waals surface area contributed by atoms with E-state index in [9.17, 15) is 9.59 Å². The molecule has 0 fully saturated rings. The van der Waals surface area contributed by atoms with Gasteiger partial charge in [-0.25, -0.2) is 0 Å². The highest BCUT2D eigenvalue weighted by Gasteiger charge is 2.30. The summed E-state index contributed by atoms with van der Waals surface area (Å²) in [7, 11) is 3.26. The molecule has 0 aliphatic carbocycles. The molecule has 1 unspecified atom stereocenters. The van der Waals surface area contributed by atoms with Crippen LogP contribution in [0.1, 0.15) is 23.4 Å². The molecule has 5 nitrogen and oxygen atoms in total. The van der Waals surface area contributed by atoms with Crippen LogP contribution in [0.15, 0.2) is 11.4 Å². The van der Waals surface area contributed by atoms with Gasteiger partial charge in [-0.3, -0.25) is 9.59 Å². The zero-order valence-electron chi connectivity index (χ0n) is 12.2. The van der Waals surface area contributed by atoms with Crippen molar-refractivity contribution in [3.05, 3.63) is 21.9 Å². The maximum atomic E-state index is 12.2. The summed E-state index contributed by atoms with van der Waals surface area (Å²) >= 11 is 1.81. The van der Waals surface area contributed by atoms with Gasteiger partial charge in [0.2, 0.25) is 5.91 Å². The summed E-state index contributed by atoms with van der Waals surface area (Å²) < 4.78 is 0. The zero-order chi connectivity index (χ0) is 14.7. The molecule has 2 amide bonds. The number of amides is 2. The fourth-order valence-electron chi connectivity index (χ4n) is 2.60. The van der Waals surface area contributed by atoms with E-state index in [1.807, 2.05) is 0 Å². The summed E-state index contributed by atoms with van der Waals surface area (Å²) in [5, 5.41) is 4.66. The summed E-state index contributed by atoms with van der Waals surface area (Å²) in [6, 6.07) is 2.52. The Morgan fingerprint density at radius 2 is 2.30 bits per heavy atom. The summed E-state index contributed by atoms with van der Waals surface area (Å²) in [6.45, 7) is 3.73. The Kier molecular flexibility index (Phi) is 4.77. The van der Waals surface area contributed by atoms with Gasteiger partial charge in [-0.05, 0) is 18.4 Å². The Morgan fingerprint density at radius 3 is 3.00 bits per heavy atom. The largest absolute Gasteiger partial charge is 0.358 e. The van der Waals surface area contributed by atoms with Gasteiger partial charge in [0.15, 0.2) is 6.54 Å². The van der Waals surface area contributed by atoms with E-state index < -0.39 is 0 Å². The molecular weight excluding hydrogens is 274 g/mol. The molecule has 1 aromatic rings. The number of nitrogens with zero attached hydrogens (tertiary/aromatic N) is 1. The maximum Gasteiger partial charge on any atom is 0.277 e. The molecule has 0 bridgehead atoms. The fourth-order valence-corrected chi connectivity index (χ4v) is 3.58. The van der Waals surface area contributed by atoms with Crippen LogP contribution in [-0.4, -0.2) is 50.4 Å². The predicted molar refractivity (Wildman–Crippen MR) is 78.8 cm³/mol. The highest BCUT2D eigenvalue weighted by Crippen LogP contribution is 2.24. The number of fused-ring (bicyclic) bond motifs is 1. The van der Waals surface area contributed by atoms with E-state index >= 15 is 0 Å². The van der Waals surface area contributed by atoms with Gasteiger partial charge in [0.25, 0.3) is 5.91 Å². The first-order valence-electron chi connectivity index (χ1n) is 6.88. The molecular formula is C14H22N3O2S+. The number of carbonyl (C=O) groups excluding carboxylic acids is 2. The molecule has 2 rings (SSSR count). The molecule has 1 aliphatic rings. The average Bonchev–Trinajstić information content (AvgIpc) is 2.90. The number of likely N-dealkylation sites (N-methyl/N-ethyl adjacent to an activating group) is 2. The normalized spacial score (nSPS) is 21.1. The molecule has 2 N–H and O–H groups in total. The van der Waals surface area contributed by atoms with E-state index in [2.05, 4.69) is 23.7 Å². The van der Waals surface area contributed by atoms with E-state index in [0.29, 0.717) is 12.6 Å². The van der Waals surface area contributed by atoms with Crippen molar-refractivity contribution in [1.29, 1.82) is 0 Å². The average molecular weight is 296 g/mol. The first-order chi connectivity index (χ1) is 9.52. The van der Waals surface area contributed by atoms with E-state index in [-0.39, 0.29) is 18.4 Å². The molecule has 0 saturated carbocycles. The van der Waals surface area contributed by atoms with Gasteiger partial charge < -0.3 is 15.1 Å². The van der Waals surface area contributed by atoms with Crippen molar-refractivity contribution >= 4 is 23.2 Å². The molecule has 2 heterocycles. The predicted octanol–water partition coefficient (Wildman–Crippen LogP) is -0.545. The summed E-state index contributed by atoms with van der Waals surface area (Å²) in [4.78, 5) is 27.7. The topological polar surface area (TPSA) is 53.9 Å². The Hall–Kier alpha value is -1.40. The van der Waals surface area contributed by atoms with Crippen molar-refractivity contribution < 1.29 is 14.5 Å². The monoisotopic (exact) mass is 296 g/mol. The molecule has 0 aromatic carbocycles. The van der Waals surface area contributed by atoms with Gasteiger partial charge in [-0.15, -0.1) is 11.3 Å². The van der Waals surface area contributed by atoms with Crippen LogP contribution >= 0.6 is 11.3 Å². The SMILES string of the molecule is CNC(=O)CN(C)C(=O)C[NH+]1CCc2sccc2[C@H]1C. The second-order valence-corrected chi connectivity index (χ2v) is 6.28. The van der Waals surface area contributed by atoms with Gasteiger partial charge in [0.05, 0.1) is 13.1 Å². The summed E-state index contributed by atoms with van der Waals surface area (Å²) in [6.07, 6.45) is 1.04. The minimum absolute atomic E-state index is 0.0223. The molecule has 0 radical (unpaired) electrons. The Balaban J connectivity index is 1.94. The third kappa shape index (κ3) is 3.19. The molecule has 1 aliphatic heterocycles. The molecule has 20 heavy (non-hydrogen) atoms.